The smallest absolute Gasteiger partial charge is 0.196 e. The highest BCUT2D eigenvalue weighted by atomic mass is 79.9. The number of benzene rings is 1. The lowest BCUT2D eigenvalue weighted by molar-refractivity contribution is 0.680. The van der Waals surface area contributed by atoms with Gasteiger partial charge in [-0.2, -0.15) is 0 Å². The Morgan fingerprint density at radius 2 is 1.90 bits per heavy atom. The van der Waals surface area contributed by atoms with E-state index >= 15 is 0 Å². The summed E-state index contributed by atoms with van der Waals surface area (Å²) in [6.45, 7) is 0.838. The Labute approximate surface area is 136 Å². The van der Waals surface area contributed by atoms with Crippen molar-refractivity contribution in [1.82, 2.24) is 15.3 Å². The molecule has 0 unspecified atom stereocenters. The molecule has 5 N–H and O–H groups in total. The van der Waals surface area contributed by atoms with E-state index in [9.17, 15) is 0 Å². The minimum atomic E-state index is 0.389. The zero-order chi connectivity index (χ0) is 14.8. The second-order valence-electron chi connectivity index (χ2n) is 5.01. The lowest BCUT2D eigenvalue weighted by Gasteiger charge is -2.10. The average Bonchev–Trinajstić information content (AvgIpc) is 3.22. The molecule has 3 rings (SSSR count). The van der Waals surface area contributed by atoms with Crippen LogP contribution in [0.4, 0.5) is 11.6 Å². The van der Waals surface area contributed by atoms with E-state index in [0.29, 0.717) is 22.8 Å². The SMILES string of the molecule is Nc1cc(N)nc(Sc2ccc(Br)cc2CNC2CC2)n1. The summed E-state index contributed by atoms with van der Waals surface area (Å²) in [5.41, 5.74) is 12.6. The summed E-state index contributed by atoms with van der Waals surface area (Å²) in [5, 5.41) is 4.10. The molecule has 1 saturated carbocycles. The Balaban J connectivity index is 1.82. The Kier molecular flexibility index (Phi) is 4.32. The van der Waals surface area contributed by atoms with Crippen molar-refractivity contribution in [2.45, 2.75) is 35.5 Å². The van der Waals surface area contributed by atoms with Crippen LogP contribution in [0.5, 0.6) is 0 Å². The van der Waals surface area contributed by atoms with E-state index < -0.39 is 0 Å². The number of halogens is 1. The minimum absolute atomic E-state index is 0.389. The summed E-state index contributed by atoms with van der Waals surface area (Å²) in [4.78, 5) is 9.54. The summed E-state index contributed by atoms with van der Waals surface area (Å²) in [5.74, 6) is 0.777. The van der Waals surface area contributed by atoms with Gasteiger partial charge in [0.15, 0.2) is 5.16 Å². The van der Waals surface area contributed by atoms with Gasteiger partial charge in [-0.25, -0.2) is 9.97 Å². The summed E-state index contributed by atoms with van der Waals surface area (Å²) >= 11 is 5.00. The highest BCUT2D eigenvalue weighted by Crippen LogP contribution is 2.31. The molecule has 1 heterocycles. The monoisotopic (exact) mass is 365 g/mol. The van der Waals surface area contributed by atoms with Gasteiger partial charge in [0.1, 0.15) is 11.6 Å². The van der Waals surface area contributed by atoms with E-state index in [1.165, 1.54) is 30.2 Å². The van der Waals surface area contributed by atoms with Crippen molar-refractivity contribution in [3.05, 3.63) is 34.3 Å². The summed E-state index contributed by atoms with van der Waals surface area (Å²) in [7, 11) is 0. The predicted octanol–water partition coefficient (Wildman–Crippen LogP) is 2.81. The maximum Gasteiger partial charge on any atom is 0.196 e. The molecule has 21 heavy (non-hydrogen) atoms. The van der Waals surface area contributed by atoms with Crippen molar-refractivity contribution < 1.29 is 0 Å². The Hall–Kier alpha value is -1.31. The molecule has 1 aromatic heterocycles. The van der Waals surface area contributed by atoms with Crippen LogP contribution in [0, 0.1) is 0 Å². The quantitative estimate of drug-likeness (QED) is 0.705. The molecule has 0 amide bonds. The molecule has 0 radical (unpaired) electrons. The first-order chi connectivity index (χ1) is 10.1. The number of nitrogens with two attached hydrogens (primary N) is 2. The molecule has 1 aromatic carbocycles. The molecule has 1 aliphatic carbocycles. The van der Waals surface area contributed by atoms with Gasteiger partial charge in [-0.3, -0.25) is 0 Å². The fourth-order valence-corrected chi connectivity index (χ4v) is 3.24. The van der Waals surface area contributed by atoms with Gasteiger partial charge in [0.2, 0.25) is 0 Å². The van der Waals surface area contributed by atoms with Crippen molar-refractivity contribution in [3.8, 4) is 0 Å². The van der Waals surface area contributed by atoms with Crippen molar-refractivity contribution in [2.24, 2.45) is 0 Å². The maximum absolute atomic E-state index is 5.72. The van der Waals surface area contributed by atoms with Crippen molar-refractivity contribution in [2.75, 3.05) is 11.5 Å². The second-order valence-corrected chi connectivity index (χ2v) is 6.93. The van der Waals surface area contributed by atoms with Crippen LogP contribution >= 0.6 is 27.7 Å². The van der Waals surface area contributed by atoms with E-state index in [1.54, 1.807) is 6.07 Å². The van der Waals surface area contributed by atoms with E-state index in [-0.39, 0.29) is 0 Å². The van der Waals surface area contributed by atoms with Crippen LogP contribution in [0.1, 0.15) is 18.4 Å². The molecule has 0 spiro atoms. The molecule has 0 saturated heterocycles. The van der Waals surface area contributed by atoms with Crippen LogP contribution in [-0.2, 0) is 6.54 Å². The van der Waals surface area contributed by atoms with E-state index in [2.05, 4.69) is 43.3 Å². The molecule has 7 heteroatoms. The number of aromatic nitrogens is 2. The maximum atomic E-state index is 5.72. The molecular formula is C14H16BrN5S. The zero-order valence-corrected chi connectivity index (χ0v) is 13.7. The first kappa shape index (κ1) is 14.6. The van der Waals surface area contributed by atoms with Gasteiger partial charge >= 0.3 is 0 Å². The topological polar surface area (TPSA) is 89.9 Å². The van der Waals surface area contributed by atoms with Gasteiger partial charge in [-0.05, 0) is 48.4 Å². The molecule has 0 bridgehead atoms. The third-order valence-electron chi connectivity index (χ3n) is 3.13. The molecule has 110 valence electrons. The van der Waals surface area contributed by atoms with Gasteiger partial charge < -0.3 is 16.8 Å². The van der Waals surface area contributed by atoms with Gasteiger partial charge in [0.05, 0.1) is 0 Å². The van der Waals surface area contributed by atoms with E-state index in [1.807, 2.05) is 6.07 Å². The number of hydrogen-bond acceptors (Lipinski definition) is 6. The Bertz CT molecular complexity index is 640. The first-order valence-corrected chi connectivity index (χ1v) is 8.31. The normalized spacial score (nSPS) is 14.3. The summed E-state index contributed by atoms with van der Waals surface area (Å²) < 4.78 is 1.06. The van der Waals surface area contributed by atoms with Crippen LogP contribution in [-0.4, -0.2) is 16.0 Å². The third-order valence-corrected chi connectivity index (χ3v) is 4.60. The van der Waals surface area contributed by atoms with Crippen LogP contribution in [0.2, 0.25) is 0 Å². The van der Waals surface area contributed by atoms with Crippen molar-refractivity contribution in [1.29, 1.82) is 0 Å². The largest absolute Gasteiger partial charge is 0.383 e. The van der Waals surface area contributed by atoms with Crippen LogP contribution < -0.4 is 16.8 Å². The number of nitrogens with zero attached hydrogens (tertiary/aromatic N) is 2. The number of nitrogens with one attached hydrogen (secondary N) is 1. The number of anilines is 2. The fourth-order valence-electron chi connectivity index (χ4n) is 1.93. The molecule has 1 fully saturated rings. The molecular weight excluding hydrogens is 350 g/mol. The lowest BCUT2D eigenvalue weighted by Crippen LogP contribution is -2.15. The molecule has 1 aliphatic rings. The van der Waals surface area contributed by atoms with E-state index in [0.717, 1.165) is 15.9 Å². The highest BCUT2D eigenvalue weighted by molar-refractivity contribution is 9.10. The summed E-state index contributed by atoms with van der Waals surface area (Å²) in [6, 6.07) is 8.41. The van der Waals surface area contributed by atoms with E-state index in [4.69, 9.17) is 11.5 Å². The zero-order valence-electron chi connectivity index (χ0n) is 11.3. The number of hydrogen-bond donors (Lipinski definition) is 3. The third kappa shape index (κ3) is 4.09. The van der Waals surface area contributed by atoms with Gasteiger partial charge in [0.25, 0.3) is 0 Å². The van der Waals surface area contributed by atoms with Crippen LogP contribution in [0.3, 0.4) is 0 Å². The van der Waals surface area contributed by atoms with Crippen molar-refractivity contribution >= 4 is 39.3 Å². The Morgan fingerprint density at radius 3 is 2.57 bits per heavy atom. The second kappa shape index (κ2) is 6.21. The molecule has 2 aromatic rings. The fraction of sp³-hybridized carbons (Fsp3) is 0.286. The van der Waals surface area contributed by atoms with Gasteiger partial charge in [-0.15, -0.1) is 0 Å². The lowest BCUT2D eigenvalue weighted by atomic mass is 10.2. The van der Waals surface area contributed by atoms with Gasteiger partial charge in [-0.1, -0.05) is 15.9 Å². The average molecular weight is 366 g/mol. The molecule has 5 nitrogen and oxygen atoms in total. The predicted molar refractivity (Wildman–Crippen MR) is 89.0 cm³/mol. The minimum Gasteiger partial charge on any atom is -0.383 e. The number of nitrogen functional groups attached to an aromatic ring is 2. The first-order valence-electron chi connectivity index (χ1n) is 6.70. The molecule has 0 atom stereocenters. The Morgan fingerprint density at radius 1 is 1.19 bits per heavy atom. The molecule has 0 aliphatic heterocycles. The highest BCUT2D eigenvalue weighted by Gasteiger charge is 2.20. The van der Waals surface area contributed by atoms with Gasteiger partial charge in [0, 0.05) is 28.0 Å². The van der Waals surface area contributed by atoms with Crippen molar-refractivity contribution in [3.63, 3.8) is 0 Å². The van der Waals surface area contributed by atoms with Crippen LogP contribution in [0.25, 0.3) is 0 Å². The summed E-state index contributed by atoms with van der Waals surface area (Å²) in [6.07, 6.45) is 2.54. The number of rotatable bonds is 5. The standard InChI is InChI=1S/C14H16BrN5S/c15-9-1-4-11(8(5-9)7-18-10-2-3-10)21-14-19-12(16)6-13(17)20-14/h1,4-6,10,18H,2-3,7H2,(H4,16,17,19,20). The van der Waals surface area contributed by atoms with Crippen LogP contribution in [0.15, 0.2) is 38.8 Å².